The van der Waals surface area contributed by atoms with Crippen LogP contribution in [0.4, 0.5) is 0 Å². The van der Waals surface area contributed by atoms with Crippen molar-refractivity contribution in [1.82, 2.24) is 4.72 Å². The van der Waals surface area contributed by atoms with Crippen molar-refractivity contribution in [2.45, 2.75) is 38.0 Å². The van der Waals surface area contributed by atoms with Crippen LogP contribution in [-0.4, -0.2) is 15.0 Å². The molecule has 1 N–H and O–H groups in total. The van der Waals surface area contributed by atoms with Crippen LogP contribution in [0.5, 0.6) is 0 Å². The van der Waals surface area contributed by atoms with E-state index in [0.29, 0.717) is 17.9 Å². The van der Waals surface area contributed by atoms with Crippen LogP contribution in [-0.2, 0) is 16.4 Å². The molecule has 1 aromatic rings. The van der Waals surface area contributed by atoms with E-state index in [4.69, 9.17) is 0 Å². The summed E-state index contributed by atoms with van der Waals surface area (Å²) in [7, 11) is -3.39. The minimum atomic E-state index is -3.39. The van der Waals surface area contributed by atoms with E-state index >= 15 is 0 Å². The second-order valence-corrected chi connectivity index (χ2v) is 5.74. The third-order valence-electron chi connectivity index (χ3n) is 2.49. The fourth-order valence-corrected chi connectivity index (χ4v) is 2.61. The second kappa shape index (κ2) is 7.20. The number of aryl methyl sites for hydroxylation is 1. The Balaban J connectivity index is 2.68. The number of sulfonamides is 1. The first-order valence-electron chi connectivity index (χ1n) is 6.08. The van der Waals surface area contributed by atoms with Crippen molar-refractivity contribution in [2.75, 3.05) is 6.54 Å². The van der Waals surface area contributed by atoms with E-state index in [0.717, 1.165) is 18.4 Å². The quantitative estimate of drug-likeness (QED) is 0.634. The number of benzene rings is 1. The van der Waals surface area contributed by atoms with Gasteiger partial charge in [-0.1, -0.05) is 25.5 Å². The maximum atomic E-state index is 11.9. The van der Waals surface area contributed by atoms with Crippen molar-refractivity contribution in [3.8, 4) is 11.8 Å². The van der Waals surface area contributed by atoms with E-state index in [2.05, 4.69) is 23.5 Å². The average molecular weight is 265 g/mol. The van der Waals surface area contributed by atoms with Crippen LogP contribution >= 0.6 is 0 Å². The predicted octanol–water partition coefficient (Wildman–Crippen LogP) is 2.33. The first-order chi connectivity index (χ1) is 8.60. The first-order valence-corrected chi connectivity index (χ1v) is 7.56. The lowest BCUT2D eigenvalue weighted by Crippen LogP contribution is -2.24. The van der Waals surface area contributed by atoms with Gasteiger partial charge in [0.15, 0.2) is 0 Å². The smallest absolute Gasteiger partial charge is 0.210 e. The molecule has 1 aromatic carbocycles. The Morgan fingerprint density at radius 3 is 2.44 bits per heavy atom. The minimum Gasteiger partial charge on any atom is -0.210 e. The Morgan fingerprint density at radius 1 is 1.22 bits per heavy atom. The largest absolute Gasteiger partial charge is 0.240 e. The highest BCUT2D eigenvalue weighted by atomic mass is 32.2. The molecule has 0 aliphatic rings. The topological polar surface area (TPSA) is 46.2 Å². The molecule has 0 bridgehead atoms. The zero-order chi connectivity index (χ0) is 13.4. The summed E-state index contributed by atoms with van der Waals surface area (Å²) in [6.07, 6.45) is 2.56. The van der Waals surface area contributed by atoms with E-state index in [9.17, 15) is 8.42 Å². The lowest BCUT2D eigenvalue weighted by molar-refractivity contribution is 0.582. The molecular formula is C14H19NO2S. The summed E-state index contributed by atoms with van der Waals surface area (Å²) in [5.74, 6) is 5.55. The second-order valence-electron chi connectivity index (χ2n) is 3.97. The van der Waals surface area contributed by atoms with Crippen LogP contribution in [0, 0.1) is 11.8 Å². The number of hydrogen-bond donors (Lipinski definition) is 1. The van der Waals surface area contributed by atoms with E-state index in [1.165, 1.54) is 0 Å². The zero-order valence-corrected chi connectivity index (χ0v) is 11.7. The summed E-state index contributed by atoms with van der Waals surface area (Å²) in [5, 5.41) is 0. The third-order valence-corrected chi connectivity index (χ3v) is 3.97. The van der Waals surface area contributed by atoms with E-state index in [-0.39, 0.29) is 0 Å². The number of rotatable bonds is 6. The highest BCUT2D eigenvalue weighted by Gasteiger charge is 2.12. The van der Waals surface area contributed by atoms with Crippen molar-refractivity contribution >= 4 is 10.0 Å². The highest BCUT2D eigenvalue weighted by Crippen LogP contribution is 2.11. The van der Waals surface area contributed by atoms with Crippen molar-refractivity contribution in [3.05, 3.63) is 29.8 Å². The SMILES string of the molecule is CC#CCCNS(=O)(=O)c1ccc(CCC)cc1. The number of nitrogens with one attached hydrogen (secondary N) is 1. The van der Waals surface area contributed by atoms with Crippen LogP contribution in [0.3, 0.4) is 0 Å². The van der Waals surface area contributed by atoms with Crippen LogP contribution in [0.25, 0.3) is 0 Å². The fraction of sp³-hybridized carbons (Fsp3) is 0.429. The Kier molecular flexibility index (Phi) is 5.90. The molecular weight excluding hydrogens is 246 g/mol. The summed E-state index contributed by atoms with van der Waals surface area (Å²) in [6, 6.07) is 7.03. The molecule has 0 unspecified atom stereocenters. The number of hydrogen-bond acceptors (Lipinski definition) is 2. The molecule has 3 nitrogen and oxygen atoms in total. The van der Waals surface area contributed by atoms with Gasteiger partial charge in [-0.3, -0.25) is 0 Å². The normalized spacial score (nSPS) is 10.8. The predicted molar refractivity (Wildman–Crippen MR) is 73.7 cm³/mol. The third kappa shape index (κ3) is 4.52. The highest BCUT2D eigenvalue weighted by molar-refractivity contribution is 7.89. The molecule has 0 aromatic heterocycles. The molecule has 18 heavy (non-hydrogen) atoms. The van der Waals surface area contributed by atoms with Gasteiger partial charge in [0.1, 0.15) is 0 Å². The molecule has 0 fully saturated rings. The molecule has 0 atom stereocenters. The zero-order valence-electron chi connectivity index (χ0n) is 10.9. The molecule has 0 saturated heterocycles. The van der Waals surface area contributed by atoms with Gasteiger partial charge < -0.3 is 0 Å². The van der Waals surface area contributed by atoms with Crippen LogP contribution in [0.15, 0.2) is 29.2 Å². The van der Waals surface area contributed by atoms with Gasteiger partial charge in [-0.2, -0.15) is 0 Å². The minimum absolute atomic E-state index is 0.312. The first kappa shape index (κ1) is 14.7. The Bertz CT molecular complexity index is 521. The molecule has 0 amide bonds. The molecule has 0 spiro atoms. The van der Waals surface area contributed by atoms with Crippen LogP contribution in [0.1, 0.15) is 32.3 Å². The molecule has 1 rings (SSSR count). The average Bonchev–Trinajstić information content (AvgIpc) is 2.36. The Labute approximate surface area is 110 Å². The summed E-state index contributed by atoms with van der Waals surface area (Å²) >= 11 is 0. The lowest BCUT2D eigenvalue weighted by atomic mass is 10.1. The Hall–Kier alpha value is -1.31. The molecule has 0 aliphatic heterocycles. The summed E-state index contributed by atoms with van der Waals surface area (Å²) in [6.45, 7) is 4.18. The van der Waals surface area contributed by atoms with Gasteiger partial charge in [0.05, 0.1) is 4.90 Å². The van der Waals surface area contributed by atoms with Gasteiger partial charge in [0.25, 0.3) is 0 Å². The van der Waals surface area contributed by atoms with Gasteiger partial charge in [-0.25, -0.2) is 13.1 Å². The maximum absolute atomic E-state index is 11.9. The standard InChI is InChI=1S/C14H19NO2S/c1-3-5-6-12-15-18(16,17)14-10-8-13(7-4-2)9-11-14/h8-11,15H,4,6-7,12H2,1-2H3. The van der Waals surface area contributed by atoms with Crippen molar-refractivity contribution in [1.29, 1.82) is 0 Å². The van der Waals surface area contributed by atoms with Crippen molar-refractivity contribution in [3.63, 3.8) is 0 Å². The summed E-state index contributed by atoms with van der Waals surface area (Å²) < 4.78 is 26.3. The van der Waals surface area contributed by atoms with Gasteiger partial charge in [-0.15, -0.1) is 11.8 Å². The summed E-state index contributed by atoms with van der Waals surface area (Å²) in [4.78, 5) is 0.312. The molecule has 98 valence electrons. The summed E-state index contributed by atoms with van der Waals surface area (Å²) in [5.41, 5.74) is 1.16. The molecule has 0 aliphatic carbocycles. The molecule has 0 saturated carbocycles. The van der Waals surface area contributed by atoms with Crippen molar-refractivity contribution < 1.29 is 8.42 Å². The van der Waals surface area contributed by atoms with E-state index in [1.807, 2.05) is 12.1 Å². The Morgan fingerprint density at radius 2 is 1.89 bits per heavy atom. The molecule has 4 heteroatoms. The molecule has 0 radical (unpaired) electrons. The van der Waals surface area contributed by atoms with E-state index < -0.39 is 10.0 Å². The lowest BCUT2D eigenvalue weighted by Gasteiger charge is -2.06. The fourth-order valence-electron chi connectivity index (χ4n) is 1.58. The monoisotopic (exact) mass is 265 g/mol. The van der Waals surface area contributed by atoms with Crippen molar-refractivity contribution in [2.24, 2.45) is 0 Å². The maximum Gasteiger partial charge on any atom is 0.240 e. The van der Waals surface area contributed by atoms with Gasteiger partial charge in [-0.05, 0) is 31.0 Å². The molecule has 0 heterocycles. The van der Waals surface area contributed by atoms with Gasteiger partial charge >= 0.3 is 0 Å². The van der Waals surface area contributed by atoms with Crippen LogP contribution < -0.4 is 4.72 Å². The van der Waals surface area contributed by atoms with E-state index in [1.54, 1.807) is 19.1 Å². The van der Waals surface area contributed by atoms with Gasteiger partial charge in [0.2, 0.25) is 10.0 Å². The van der Waals surface area contributed by atoms with Gasteiger partial charge in [0, 0.05) is 13.0 Å². The van der Waals surface area contributed by atoms with Crippen LogP contribution in [0.2, 0.25) is 0 Å².